The summed E-state index contributed by atoms with van der Waals surface area (Å²) >= 11 is 0. The SMILES string of the molecule is CO[C@@H]1C[C@H](O)[C@@H]([C@H](O)CO)O1. The largest absolute Gasteiger partial charge is 0.394 e. The van der Waals surface area contributed by atoms with Crippen molar-refractivity contribution in [2.24, 2.45) is 0 Å². The van der Waals surface area contributed by atoms with Crippen molar-refractivity contribution in [1.82, 2.24) is 0 Å². The van der Waals surface area contributed by atoms with E-state index in [0.29, 0.717) is 6.42 Å². The van der Waals surface area contributed by atoms with E-state index >= 15 is 0 Å². The Labute approximate surface area is 70.5 Å². The fourth-order valence-corrected chi connectivity index (χ4v) is 1.26. The van der Waals surface area contributed by atoms with Gasteiger partial charge in [-0.05, 0) is 0 Å². The van der Waals surface area contributed by atoms with E-state index in [1.807, 2.05) is 0 Å². The van der Waals surface area contributed by atoms with Crippen molar-refractivity contribution in [3.63, 3.8) is 0 Å². The lowest BCUT2D eigenvalue weighted by Crippen LogP contribution is -2.36. The minimum absolute atomic E-state index is 0.332. The molecule has 0 aromatic heterocycles. The predicted octanol–water partition coefficient (Wildman–Crippen LogP) is -1.54. The zero-order chi connectivity index (χ0) is 9.14. The molecule has 0 aromatic rings. The fraction of sp³-hybridized carbons (Fsp3) is 1.00. The van der Waals surface area contributed by atoms with Crippen LogP contribution < -0.4 is 0 Å². The molecule has 0 radical (unpaired) electrons. The smallest absolute Gasteiger partial charge is 0.160 e. The van der Waals surface area contributed by atoms with Gasteiger partial charge < -0.3 is 24.8 Å². The molecule has 12 heavy (non-hydrogen) atoms. The van der Waals surface area contributed by atoms with Crippen molar-refractivity contribution in [3.05, 3.63) is 0 Å². The molecule has 0 unspecified atom stereocenters. The highest BCUT2D eigenvalue weighted by atomic mass is 16.7. The molecule has 3 N–H and O–H groups in total. The molecule has 72 valence electrons. The van der Waals surface area contributed by atoms with Gasteiger partial charge in [-0.15, -0.1) is 0 Å². The Morgan fingerprint density at radius 2 is 2.33 bits per heavy atom. The first-order chi connectivity index (χ1) is 5.69. The number of hydrogen-bond donors (Lipinski definition) is 3. The van der Waals surface area contributed by atoms with E-state index in [1.165, 1.54) is 7.11 Å². The molecule has 1 aliphatic rings. The average Bonchev–Trinajstić information content (AvgIpc) is 2.45. The summed E-state index contributed by atoms with van der Waals surface area (Å²) in [6.07, 6.45) is -2.69. The number of aliphatic hydroxyl groups is 3. The van der Waals surface area contributed by atoms with Crippen molar-refractivity contribution in [2.45, 2.75) is 31.0 Å². The van der Waals surface area contributed by atoms with E-state index in [-0.39, 0.29) is 0 Å². The summed E-state index contributed by atoms with van der Waals surface area (Å²) in [5.41, 5.74) is 0. The van der Waals surface area contributed by atoms with Gasteiger partial charge in [-0.1, -0.05) is 0 Å². The highest BCUT2D eigenvalue weighted by Crippen LogP contribution is 2.22. The Kier molecular flexibility index (Phi) is 3.42. The molecule has 1 aliphatic heterocycles. The molecule has 0 aromatic carbocycles. The lowest BCUT2D eigenvalue weighted by atomic mass is 10.1. The molecule has 4 atom stereocenters. The van der Waals surface area contributed by atoms with E-state index in [9.17, 15) is 5.11 Å². The standard InChI is InChI=1S/C7H14O5/c1-11-6-2-4(9)7(12-6)5(10)3-8/h4-10H,2-3H2,1H3/t4-,5+,6-,7-/m0/s1. The van der Waals surface area contributed by atoms with Gasteiger partial charge >= 0.3 is 0 Å². The third-order valence-electron chi connectivity index (χ3n) is 1.95. The minimum Gasteiger partial charge on any atom is -0.394 e. The summed E-state index contributed by atoms with van der Waals surface area (Å²) in [6.45, 7) is -0.418. The average molecular weight is 178 g/mol. The van der Waals surface area contributed by atoms with E-state index in [4.69, 9.17) is 19.7 Å². The zero-order valence-electron chi connectivity index (χ0n) is 6.88. The maximum atomic E-state index is 9.32. The summed E-state index contributed by atoms with van der Waals surface area (Å²) in [6, 6.07) is 0. The molecule has 0 bridgehead atoms. The molecular formula is C7H14O5. The van der Waals surface area contributed by atoms with Gasteiger partial charge in [0.2, 0.25) is 0 Å². The highest BCUT2D eigenvalue weighted by Gasteiger charge is 2.38. The summed E-state index contributed by atoms with van der Waals surface area (Å²) in [4.78, 5) is 0. The molecule has 1 rings (SSSR count). The molecular weight excluding hydrogens is 164 g/mol. The van der Waals surface area contributed by atoms with Crippen LogP contribution >= 0.6 is 0 Å². The van der Waals surface area contributed by atoms with E-state index in [0.717, 1.165) is 0 Å². The second-order valence-corrected chi connectivity index (χ2v) is 2.82. The normalized spacial score (nSPS) is 38.5. The first-order valence-corrected chi connectivity index (χ1v) is 3.84. The maximum Gasteiger partial charge on any atom is 0.160 e. The molecule has 1 fully saturated rings. The number of methoxy groups -OCH3 is 1. The fourth-order valence-electron chi connectivity index (χ4n) is 1.26. The Morgan fingerprint density at radius 3 is 2.75 bits per heavy atom. The van der Waals surface area contributed by atoms with Crippen LogP contribution in [0.25, 0.3) is 0 Å². The zero-order valence-corrected chi connectivity index (χ0v) is 6.88. The van der Waals surface area contributed by atoms with Gasteiger partial charge in [0, 0.05) is 13.5 Å². The van der Waals surface area contributed by atoms with Crippen LogP contribution in [0, 0.1) is 0 Å². The van der Waals surface area contributed by atoms with Crippen LogP contribution in [0.3, 0.4) is 0 Å². The van der Waals surface area contributed by atoms with E-state index in [2.05, 4.69) is 0 Å². The van der Waals surface area contributed by atoms with Crippen LogP contribution in [0.5, 0.6) is 0 Å². The molecule has 0 amide bonds. The van der Waals surface area contributed by atoms with Crippen molar-refractivity contribution in [1.29, 1.82) is 0 Å². The third-order valence-corrected chi connectivity index (χ3v) is 1.95. The first kappa shape index (κ1) is 9.88. The topological polar surface area (TPSA) is 79.2 Å². The van der Waals surface area contributed by atoms with Gasteiger partial charge in [-0.25, -0.2) is 0 Å². The van der Waals surface area contributed by atoms with Gasteiger partial charge in [0.15, 0.2) is 6.29 Å². The Morgan fingerprint density at radius 1 is 1.67 bits per heavy atom. The monoisotopic (exact) mass is 178 g/mol. The van der Waals surface area contributed by atoms with Gasteiger partial charge in [0.1, 0.15) is 12.2 Å². The second kappa shape index (κ2) is 4.15. The Hall–Kier alpha value is -0.200. The number of ether oxygens (including phenoxy) is 2. The van der Waals surface area contributed by atoms with Gasteiger partial charge in [-0.2, -0.15) is 0 Å². The molecule has 5 nitrogen and oxygen atoms in total. The number of rotatable bonds is 3. The van der Waals surface area contributed by atoms with Crippen LogP contribution in [0.2, 0.25) is 0 Å². The number of hydrogen-bond acceptors (Lipinski definition) is 5. The van der Waals surface area contributed by atoms with Crippen LogP contribution in [-0.4, -0.2) is 53.6 Å². The summed E-state index contributed by atoms with van der Waals surface area (Å²) in [5, 5.41) is 27.1. The van der Waals surface area contributed by atoms with Crippen LogP contribution in [0.15, 0.2) is 0 Å². The van der Waals surface area contributed by atoms with Gasteiger partial charge in [0.25, 0.3) is 0 Å². The molecule has 0 spiro atoms. The maximum absolute atomic E-state index is 9.32. The summed E-state index contributed by atoms with van der Waals surface area (Å²) in [7, 11) is 1.46. The van der Waals surface area contributed by atoms with E-state index in [1.54, 1.807) is 0 Å². The highest BCUT2D eigenvalue weighted by molar-refractivity contribution is 4.83. The Bertz CT molecular complexity index is 140. The van der Waals surface area contributed by atoms with E-state index < -0.39 is 31.2 Å². The molecule has 0 saturated carbocycles. The molecule has 1 saturated heterocycles. The van der Waals surface area contributed by atoms with Gasteiger partial charge in [0.05, 0.1) is 12.7 Å². The van der Waals surface area contributed by atoms with Crippen LogP contribution in [0.1, 0.15) is 6.42 Å². The number of aliphatic hydroxyl groups excluding tert-OH is 3. The van der Waals surface area contributed by atoms with Crippen molar-refractivity contribution < 1.29 is 24.8 Å². The first-order valence-electron chi connectivity index (χ1n) is 3.84. The lowest BCUT2D eigenvalue weighted by Gasteiger charge is -2.18. The van der Waals surface area contributed by atoms with Gasteiger partial charge in [-0.3, -0.25) is 0 Å². The lowest BCUT2D eigenvalue weighted by molar-refractivity contribution is -0.150. The van der Waals surface area contributed by atoms with Crippen molar-refractivity contribution >= 4 is 0 Å². The molecule has 5 heteroatoms. The van der Waals surface area contributed by atoms with Crippen molar-refractivity contribution in [2.75, 3.05) is 13.7 Å². The van der Waals surface area contributed by atoms with Crippen LogP contribution in [0.4, 0.5) is 0 Å². The molecule has 0 aliphatic carbocycles. The van der Waals surface area contributed by atoms with Crippen molar-refractivity contribution in [3.8, 4) is 0 Å². The Balaban J connectivity index is 2.45. The third kappa shape index (κ3) is 1.94. The predicted molar refractivity (Wildman–Crippen MR) is 39.4 cm³/mol. The van der Waals surface area contributed by atoms with Crippen LogP contribution in [-0.2, 0) is 9.47 Å². The summed E-state index contributed by atoms with van der Waals surface area (Å²) < 4.78 is 9.92. The quantitative estimate of drug-likeness (QED) is 0.488. The molecule has 1 heterocycles. The second-order valence-electron chi connectivity index (χ2n) is 2.82. The summed E-state index contributed by atoms with van der Waals surface area (Å²) in [5.74, 6) is 0. The minimum atomic E-state index is -1.04.